The summed E-state index contributed by atoms with van der Waals surface area (Å²) in [6.07, 6.45) is 7.51. The molecule has 0 bridgehead atoms. The maximum absolute atomic E-state index is 4.38. The first-order chi connectivity index (χ1) is 12.3. The minimum absolute atomic E-state index is 0. The lowest BCUT2D eigenvalue weighted by Gasteiger charge is -2.17. The van der Waals surface area contributed by atoms with E-state index in [0.29, 0.717) is 6.04 Å². The molecule has 2 atom stereocenters. The van der Waals surface area contributed by atoms with Crippen LogP contribution < -0.4 is 10.6 Å². The number of benzene rings is 1. The van der Waals surface area contributed by atoms with Crippen LogP contribution in [-0.4, -0.2) is 39.8 Å². The number of nitrogens with zero attached hydrogens (tertiary/aromatic N) is 3. The van der Waals surface area contributed by atoms with Crippen molar-refractivity contribution in [1.82, 2.24) is 20.4 Å². The highest BCUT2D eigenvalue weighted by molar-refractivity contribution is 14.0. The molecule has 1 aliphatic carbocycles. The zero-order chi connectivity index (χ0) is 17.5. The number of hydrogen-bond acceptors (Lipinski definition) is 3. The van der Waals surface area contributed by atoms with Crippen LogP contribution in [0.3, 0.4) is 0 Å². The first-order valence-electron chi connectivity index (χ1n) is 8.96. The number of halogens is 1. The quantitative estimate of drug-likeness (QED) is 0.371. The Kier molecular flexibility index (Phi) is 8.77. The van der Waals surface area contributed by atoms with Crippen molar-refractivity contribution in [2.75, 3.05) is 12.8 Å². The highest BCUT2D eigenvalue weighted by atomic mass is 127. The van der Waals surface area contributed by atoms with Gasteiger partial charge in [-0.25, -0.2) is 4.68 Å². The van der Waals surface area contributed by atoms with Crippen molar-refractivity contribution in [2.24, 2.45) is 4.99 Å². The SMILES string of the molecule is CCSC1CCC(NC(=NC)NCc2cccc(-n3cccn3)c2)C1.I. The molecule has 2 N–H and O–H groups in total. The summed E-state index contributed by atoms with van der Waals surface area (Å²) in [6, 6.07) is 10.9. The van der Waals surface area contributed by atoms with E-state index in [1.807, 2.05) is 24.0 Å². The molecule has 0 amide bonds. The fraction of sp³-hybridized carbons (Fsp3) is 0.474. The van der Waals surface area contributed by atoms with Gasteiger partial charge >= 0.3 is 0 Å². The van der Waals surface area contributed by atoms with Crippen LogP contribution >= 0.6 is 35.7 Å². The Labute approximate surface area is 177 Å². The molecule has 7 heteroatoms. The van der Waals surface area contributed by atoms with Gasteiger partial charge in [0.2, 0.25) is 0 Å². The van der Waals surface area contributed by atoms with E-state index in [2.05, 4.69) is 63.7 Å². The average Bonchev–Trinajstić information content (AvgIpc) is 3.31. The molecule has 0 radical (unpaired) electrons. The fourth-order valence-corrected chi connectivity index (χ4v) is 4.41. The molecular formula is C19H28IN5S. The molecule has 26 heavy (non-hydrogen) atoms. The molecule has 1 saturated carbocycles. The number of nitrogens with one attached hydrogen (secondary N) is 2. The normalized spacial score (nSPS) is 19.8. The summed E-state index contributed by atoms with van der Waals surface area (Å²) < 4.78 is 1.88. The molecule has 0 aliphatic heterocycles. The fourth-order valence-electron chi connectivity index (χ4n) is 3.26. The van der Waals surface area contributed by atoms with Crippen LogP contribution in [-0.2, 0) is 6.54 Å². The van der Waals surface area contributed by atoms with Crippen LogP contribution in [0.4, 0.5) is 0 Å². The van der Waals surface area contributed by atoms with E-state index in [4.69, 9.17) is 0 Å². The number of rotatable bonds is 6. The van der Waals surface area contributed by atoms with Crippen molar-refractivity contribution in [3.8, 4) is 5.69 Å². The maximum Gasteiger partial charge on any atom is 0.191 e. The summed E-state index contributed by atoms with van der Waals surface area (Å²) in [5.74, 6) is 2.09. The van der Waals surface area contributed by atoms with Crippen LogP contribution in [0.15, 0.2) is 47.7 Å². The third-order valence-electron chi connectivity index (χ3n) is 4.49. The van der Waals surface area contributed by atoms with Gasteiger partial charge in [0, 0.05) is 37.3 Å². The van der Waals surface area contributed by atoms with E-state index >= 15 is 0 Å². The lowest BCUT2D eigenvalue weighted by molar-refractivity contribution is 0.614. The lowest BCUT2D eigenvalue weighted by Crippen LogP contribution is -2.42. The Morgan fingerprint density at radius 2 is 2.23 bits per heavy atom. The largest absolute Gasteiger partial charge is 0.354 e. The third kappa shape index (κ3) is 5.90. The number of thioether (sulfide) groups is 1. The number of guanidine groups is 1. The van der Waals surface area contributed by atoms with Gasteiger partial charge in [-0.15, -0.1) is 24.0 Å². The number of hydrogen-bond donors (Lipinski definition) is 2. The molecule has 0 spiro atoms. The summed E-state index contributed by atoms with van der Waals surface area (Å²) >= 11 is 2.08. The lowest BCUT2D eigenvalue weighted by atomic mass is 10.2. The van der Waals surface area contributed by atoms with Crippen molar-refractivity contribution in [3.63, 3.8) is 0 Å². The van der Waals surface area contributed by atoms with Crippen molar-refractivity contribution >= 4 is 41.7 Å². The second kappa shape index (κ2) is 10.8. The monoisotopic (exact) mass is 485 g/mol. The van der Waals surface area contributed by atoms with Crippen molar-refractivity contribution in [1.29, 1.82) is 0 Å². The molecule has 3 rings (SSSR count). The van der Waals surface area contributed by atoms with Crippen LogP contribution in [0.1, 0.15) is 31.7 Å². The number of aromatic nitrogens is 2. The van der Waals surface area contributed by atoms with E-state index < -0.39 is 0 Å². The van der Waals surface area contributed by atoms with Crippen molar-refractivity contribution in [2.45, 2.75) is 44.0 Å². The minimum Gasteiger partial charge on any atom is -0.354 e. The van der Waals surface area contributed by atoms with Gasteiger partial charge < -0.3 is 10.6 Å². The zero-order valence-corrected chi connectivity index (χ0v) is 18.5. The van der Waals surface area contributed by atoms with E-state index in [-0.39, 0.29) is 24.0 Å². The second-order valence-electron chi connectivity index (χ2n) is 6.28. The third-order valence-corrected chi connectivity index (χ3v) is 5.72. The highest BCUT2D eigenvalue weighted by Gasteiger charge is 2.24. The Morgan fingerprint density at radius 3 is 2.96 bits per heavy atom. The van der Waals surface area contributed by atoms with Gasteiger partial charge in [-0.3, -0.25) is 4.99 Å². The average molecular weight is 485 g/mol. The Hall–Kier alpha value is -1.22. The van der Waals surface area contributed by atoms with Gasteiger partial charge in [0.1, 0.15) is 0 Å². The van der Waals surface area contributed by atoms with E-state index in [9.17, 15) is 0 Å². The minimum atomic E-state index is 0. The summed E-state index contributed by atoms with van der Waals surface area (Å²) in [4.78, 5) is 4.38. The molecule has 142 valence electrons. The summed E-state index contributed by atoms with van der Waals surface area (Å²) in [5, 5.41) is 12.1. The van der Waals surface area contributed by atoms with Gasteiger partial charge in [-0.1, -0.05) is 19.1 Å². The summed E-state index contributed by atoms with van der Waals surface area (Å²) in [7, 11) is 1.84. The van der Waals surface area contributed by atoms with Gasteiger partial charge in [-0.05, 0) is 48.8 Å². The second-order valence-corrected chi connectivity index (χ2v) is 7.86. The van der Waals surface area contributed by atoms with Gasteiger partial charge in [0.15, 0.2) is 5.96 Å². The predicted molar refractivity (Wildman–Crippen MR) is 122 cm³/mol. The molecule has 2 unspecified atom stereocenters. The maximum atomic E-state index is 4.38. The Bertz CT molecular complexity index is 689. The molecule has 1 aromatic carbocycles. The first kappa shape index (κ1) is 21.1. The smallest absolute Gasteiger partial charge is 0.191 e. The zero-order valence-electron chi connectivity index (χ0n) is 15.4. The van der Waals surface area contributed by atoms with Gasteiger partial charge in [-0.2, -0.15) is 16.9 Å². The number of aliphatic imine (C=N–C) groups is 1. The molecule has 1 aliphatic rings. The molecule has 1 fully saturated rings. The van der Waals surface area contributed by atoms with Crippen LogP contribution in [0.5, 0.6) is 0 Å². The Balaban J connectivity index is 0.00000243. The molecule has 0 saturated heterocycles. The molecule has 5 nitrogen and oxygen atoms in total. The van der Waals surface area contributed by atoms with E-state index in [1.165, 1.54) is 30.6 Å². The van der Waals surface area contributed by atoms with E-state index in [1.54, 1.807) is 6.20 Å². The Morgan fingerprint density at radius 1 is 1.35 bits per heavy atom. The van der Waals surface area contributed by atoms with Gasteiger partial charge in [0.05, 0.1) is 5.69 Å². The predicted octanol–water partition coefficient (Wildman–Crippen LogP) is 3.83. The van der Waals surface area contributed by atoms with E-state index in [0.717, 1.165) is 23.4 Å². The topological polar surface area (TPSA) is 54.2 Å². The first-order valence-corrected chi connectivity index (χ1v) is 10.0. The van der Waals surface area contributed by atoms with Crippen LogP contribution in [0.25, 0.3) is 5.69 Å². The van der Waals surface area contributed by atoms with Crippen LogP contribution in [0, 0.1) is 0 Å². The molecule has 1 aromatic heterocycles. The summed E-state index contributed by atoms with van der Waals surface area (Å²) in [5.41, 5.74) is 2.28. The standard InChI is InChI=1S/C19H27N5S.HI/c1-3-25-18-9-8-16(13-18)23-19(20-2)21-14-15-6-4-7-17(12-15)24-11-5-10-22-24;/h4-7,10-12,16,18H,3,8-9,13-14H2,1-2H3,(H2,20,21,23);1H. The van der Waals surface area contributed by atoms with Gasteiger partial charge in [0.25, 0.3) is 0 Å². The molecular weight excluding hydrogens is 457 g/mol. The van der Waals surface area contributed by atoms with Crippen molar-refractivity contribution in [3.05, 3.63) is 48.3 Å². The molecule has 2 aromatic rings. The van der Waals surface area contributed by atoms with Crippen LogP contribution in [0.2, 0.25) is 0 Å². The summed E-state index contributed by atoms with van der Waals surface area (Å²) in [6.45, 7) is 2.98. The molecule has 1 heterocycles. The van der Waals surface area contributed by atoms with Crippen molar-refractivity contribution < 1.29 is 0 Å². The highest BCUT2D eigenvalue weighted by Crippen LogP contribution is 2.29.